The SMILES string of the molecule is Cc1ccc(C)c(OCCCN(C)C(=O)CCCl)c1. The predicted molar refractivity (Wildman–Crippen MR) is 79.0 cm³/mol. The van der Waals surface area contributed by atoms with Crippen LogP contribution in [0.3, 0.4) is 0 Å². The number of halogens is 1. The van der Waals surface area contributed by atoms with Gasteiger partial charge in [0.05, 0.1) is 6.61 Å². The molecule has 0 spiro atoms. The van der Waals surface area contributed by atoms with Crippen LogP contribution in [0, 0.1) is 13.8 Å². The van der Waals surface area contributed by atoms with Crippen LogP contribution < -0.4 is 4.74 Å². The molecule has 0 fully saturated rings. The summed E-state index contributed by atoms with van der Waals surface area (Å²) in [4.78, 5) is 13.2. The lowest BCUT2D eigenvalue weighted by Crippen LogP contribution is -2.28. The summed E-state index contributed by atoms with van der Waals surface area (Å²) < 4.78 is 5.74. The lowest BCUT2D eigenvalue weighted by atomic mass is 10.1. The van der Waals surface area contributed by atoms with Crippen molar-refractivity contribution in [2.24, 2.45) is 0 Å². The first-order valence-corrected chi connectivity index (χ1v) is 7.08. The Hall–Kier alpha value is -1.22. The van der Waals surface area contributed by atoms with Crippen molar-refractivity contribution in [1.29, 1.82) is 0 Å². The van der Waals surface area contributed by atoms with Crippen LogP contribution in [-0.2, 0) is 4.79 Å². The van der Waals surface area contributed by atoms with Crippen LogP contribution in [0.2, 0.25) is 0 Å². The fourth-order valence-electron chi connectivity index (χ4n) is 1.74. The Morgan fingerprint density at radius 2 is 2.11 bits per heavy atom. The molecule has 0 aliphatic carbocycles. The van der Waals surface area contributed by atoms with Crippen molar-refractivity contribution in [1.82, 2.24) is 4.90 Å². The first-order chi connectivity index (χ1) is 9.04. The molecule has 0 saturated carbocycles. The van der Waals surface area contributed by atoms with Crippen LogP contribution in [-0.4, -0.2) is 36.9 Å². The second-order valence-electron chi connectivity index (χ2n) is 4.73. The average molecular weight is 284 g/mol. The van der Waals surface area contributed by atoms with E-state index in [4.69, 9.17) is 16.3 Å². The monoisotopic (exact) mass is 283 g/mol. The standard InChI is InChI=1S/C15H22ClNO2/c1-12-5-6-13(2)14(11-12)19-10-4-9-17(3)15(18)7-8-16/h5-6,11H,4,7-10H2,1-3H3. The van der Waals surface area contributed by atoms with Crippen molar-refractivity contribution in [3.05, 3.63) is 29.3 Å². The first-order valence-electron chi connectivity index (χ1n) is 6.54. The van der Waals surface area contributed by atoms with Crippen LogP contribution in [0.15, 0.2) is 18.2 Å². The molecule has 1 amide bonds. The molecular weight excluding hydrogens is 262 g/mol. The summed E-state index contributed by atoms with van der Waals surface area (Å²) in [5, 5.41) is 0. The molecule has 0 heterocycles. The van der Waals surface area contributed by atoms with Crippen molar-refractivity contribution in [2.75, 3.05) is 26.1 Å². The fraction of sp³-hybridized carbons (Fsp3) is 0.533. The molecule has 19 heavy (non-hydrogen) atoms. The van der Waals surface area contributed by atoms with E-state index in [-0.39, 0.29) is 5.91 Å². The highest BCUT2D eigenvalue weighted by Crippen LogP contribution is 2.19. The molecular formula is C15H22ClNO2. The number of ether oxygens (including phenoxy) is 1. The van der Waals surface area contributed by atoms with E-state index >= 15 is 0 Å². The van der Waals surface area contributed by atoms with E-state index in [1.807, 2.05) is 19.9 Å². The number of carbonyl (C=O) groups is 1. The van der Waals surface area contributed by atoms with Crippen molar-refractivity contribution < 1.29 is 9.53 Å². The zero-order valence-corrected chi connectivity index (χ0v) is 12.7. The number of alkyl halides is 1. The minimum absolute atomic E-state index is 0.0849. The third-order valence-electron chi connectivity index (χ3n) is 2.97. The number of benzene rings is 1. The number of aryl methyl sites for hydroxylation is 2. The summed E-state index contributed by atoms with van der Waals surface area (Å²) in [6, 6.07) is 6.17. The van der Waals surface area contributed by atoms with Gasteiger partial charge in [-0.15, -0.1) is 11.6 Å². The molecule has 1 rings (SSSR count). The highest BCUT2D eigenvalue weighted by Gasteiger charge is 2.07. The summed E-state index contributed by atoms with van der Waals surface area (Å²) in [7, 11) is 1.80. The van der Waals surface area contributed by atoms with Crippen molar-refractivity contribution in [2.45, 2.75) is 26.7 Å². The van der Waals surface area contributed by atoms with Gasteiger partial charge in [-0.05, 0) is 37.5 Å². The van der Waals surface area contributed by atoms with Gasteiger partial charge in [0.25, 0.3) is 0 Å². The molecule has 0 aliphatic rings. The Balaban J connectivity index is 2.31. The van der Waals surface area contributed by atoms with Gasteiger partial charge in [0.15, 0.2) is 0 Å². The minimum atomic E-state index is 0.0849. The molecule has 0 aliphatic heterocycles. The third-order valence-corrected chi connectivity index (χ3v) is 3.16. The number of carbonyl (C=O) groups excluding carboxylic acids is 1. The third kappa shape index (κ3) is 5.52. The van der Waals surface area contributed by atoms with Gasteiger partial charge >= 0.3 is 0 Å². The average Bonchev–Trinajstić information content (AvgIpc) is 2.38. The van der Waals surface area contributed by atoms with Gasteiger partial charge in [-0.3, -0.25) is 4.79 Å². The maximum atomic E-state index is 11.5. The lowest BCUT2D eigenvalue weighted by molar-refractivity contribution is -0.129. The van der Waals surface area contributed by atoms with Crippen molar-refractivity contribution in [3.63, 3.8) is 0 Å². The molecule has 0 bridgehead atoms. The second-order valence-corrected chi connectivity index (χ2v) is 5.10. The van der Waals surface area contributed by atoms with Gasteiger partial charge in [0, 0.05) is 25.9 Å². The molecule has 0 atom stereocenters. The molecule has 0 aromatic heterocycles. The lowest BCUT2D eigenvalue weighted by Gasteiger charge is -2.17. The summed E-state index contributed by atoms with van der Waals surface area (Å²) in [6.45, 7) is 5.39. The first kappa shape index (κ1) is 15.8. The zero-order chi connectivity index (χ0) is 14.3. The quantitative estimate of drug-likeness (QED) is 0.568. The van der Waals surface area contributed by atoms with Crippen molar-refractivity contribution in [3.8, 4) is 5.75 Å². The topological polar surface area (TPSA) is 29.5 Å². The maximum absolute atomic E-state index is 11.5. The van der Waals surface area contributed by atoms with E-state index in [9.17, 15) is 4.79 Å². The van der Waals surface area contributed by atoms with Crippen LogP contribution >= 0.6 is 11.6 Å². The van der Waals surface area contributed by atoms with E-state index in [0.29, 0.717) is 25.5 Å². The Labute approximate surface area is 120 Å². The molecule has 1 aromatic rings. The fourth-order valence-corrected chi connectivity index (χ4v) is 1.90. The van der Waals surface area contributed by atoms with E-state index < -0.39 is 0 Å². The minimum Gasteiger partial charge on any atom is -0.493 e. The zero-order valence-electron chi connectivity index (χ0n) is 11.9. The highest BCUT2D eigenvalue weighted by atomic mass is 35.5. The summed E-state index contributed by atoms with van der Waals surface area (Å²) in [5.41, 5.74) is 2.33. The molecule has 0 radical (unpaired) electrons. The van der Waals surface area contributed by atoms with Gasteiger partial charge in [0.2, 0.25) is 5.91 Å². The Morgan fingerprint density at radius 1 is 1.37 bits per heavy atom. The van der Waals surface area contributed by atoms with Gasteiger partial charge in [0.1, 0.15) is 5.75 Å². The van der Waals surface area contributed by atoms with E-state index in [1.165, 1.54) is 5.56 Å². The molecule has 0 unspecified atom stereocenters. The number of rotatable bonds is 7. The Morgan fingerprint density at radius 3 is 2.79 bits per heavy atom. The van der Waals surface area contributed by atoms with Crippen LogP contribution in [0.5, 0.6) is 5.75 Å². The number of hydrogen-bond acceptors (Lipinski definition) is 2. The molecule has 4 heteroatoms. The van der Waals surface area contributed by atoms with E-state index in [1.54, 1.807) is 11.9 Å². The van der Waals surface area contributed by atoms with Crippen molar-refractivity contribution >= 4 is 17.5 Å². The van der Waals surface area contributed by atoms with Gasteiger partial charge in [-0.2, -0.15) is 0 Å². The van der Waals surface area contributed by atoms with Crippen LogP contribution in [0.1, 0.15) is 24.0 Å². The van der Waals surface area contributed by atoms with E-state index in [0.717, 1.165) is 17.7 Å². The molecule has 106 valence electrons. The highest BCUT2D eigenvalue weighted by molar-refractivity contribution is 6.18. The molecule has 0 saturated heterocycles. The Kier molecular flexibility index (Phi) is 6.71. The van der Waals surface area contributed by atoms with E-state index in [2.05, 4.69) is 12.1 Å². The summed E-state index contributed by atoms with van der Waals surface area (Å²) >= 11 is 5.54. The van der Waals surface area contributed by atoms with Crippen LogP contribution in [0.25, 0.3) is 0 Å². The van der Waals surface area contributed by atoms with Gasteiger partial charge in [-0.25, -0.2) is 0 Å². The number of amides is 1. The summed E-state index contributed by atoms with van der Waals surface area (Å²) in [5.74, 6) is 1.39. The number of nitrogens with zero attached hydrogens (tertiary/aromatic N) is 1. The maximum Gasteiger partial charge on any atom is 0.223 e. The molecule has 1 aromatic carbocycles. The molecule has 3 nitrogen and oxygen atoms in total. The largest absolute Gasteiger partial charge is 0.493 e. The smallest absolute Gasteiger partial charge is 0.223 e. The van der Waals surface area contributed by atoms with Crippen LogP contribution in [0.4, 0.5) is 0 Å². The second kappa shape index (κ2) is 8.05. The number of hydrogen-bond donors (Lipinski definition) is 0. The van der Waals surface area contributed by atoms with Gasteiger partial charge in [-0.1, -0.05) is 12.1 Å². The normalized spacial score (nSPS) is 10.3. The predicted octanol–water partition coefficient (Wildman–Crippen LogP) is 3.16. The summed E-state index contributed by atoms with van der Waals surface area (Å²) in [6.07, 6.45) is 1.22. The van der Waals surface area contributed by atoms with Gasteiger partial charge < -0.3 is 9.64 Å². The molecule has 0 N–H and O–H groups in total. The Bertz CT molecular complexity index is 421.